The van der Waals surface area contributed by atoms with Gasteiger partial charge in [0.05, 0.1) is 17.1 Å². The first-order chi connectivity index (χ1) is 12.5. The maximum atomic E-state index is 12.6. The van der Waals surface area contributed by atoms with Gasteiger partial charge in [-0.15, -0.1) is 11.3 Å². The number of nitrogens with one attached hydrogen (secondary N) is 1. The summed E-state index contributed by atoms with van der Waals surface area (Å²) in [6.45, 7) is 1.88. The zero-order valence-electron chi connectivity index (χ0n) is 14.8. The van der Waals surface area contributed by atoms with E-state index in [1.165, 1.54) is 9.13 Å². The number of carbonyl (C=O) groups is 1. The van der Waals surface area contributed by atoms with Gasteiger partial charge >= 0.3 is 11.1 Å². The van der Waals surface area contributed by atoms with Gasteiger partial charge in [-0.3, -0.25) is 19.0 Å². The number of rotatable bonds is 6. The van der Waals surface area contributed by atoms with Gasteiger partial charge in [-0.1, -0.05) is 31.5 Å². The van der Waals surface area contributed by atoms with E-state index in [-0.39, 0.29) is 18.5 Å². The number of amides is 1. The predicted molar refractivity (Wildman–Crippen MR) is 104 cm³/mol. The average Bonchev–Trinajstić information content (AvgIpc) is 3.18. The molecule has 0 aliphatic rings. The molecule has 3 aromatic rings. The lowest BCUT2D eigenvalue weighted by atomic mass is 10.1. The minimum absolute atomic E-state index is 0.0824. The third kappa shape index (κ3) is 3.48. The van der Waals surface area contributed by atoms with Crippen LogP contribution in [-0.4, -0.2) is 15.0 Å². The molecule has 2 aromatic heterocycles. The molecular weight excluding hydrogens is 350 g/mol. The molecule has 1 amide bonds. The van der Waals surface area contributed by atoms with Crippen LogP contribution in [0.15, 0.2) is 51.4 Å². The van der Waals surface area contributed by atoms with Crippen molar-refractivity contribution in [1.82, 2.24) is 14.5 Å². The first-order valence-electron chi connectivity index (χ1n) is 8.54. The molecule has 26 heavy (non-hydrogen) atoms. The van der Waals surface area contributed by atoms with Gasteiger partial charge in [0.1, 0.15) is 6.54 Å². The number of thiophene rings is 1. The summed E-state index contributed by atoms with van der Waals surface area (Å²) in [6, 6.07) is 10.9. The Labute approximate surface area is 154 Å². The number of para-hydroxylation sites is 2. The molecule has 0 radical (unpaired) electrons. The molecule has 0 saturated carbocycles. The van der Waals surface area contributed by atoms with Gasteiger partial charge in [0, 0.05) is 11.9 Å². The summed E-state index contributed by atoms with van der Waals surface area (Å²) < 4.78 is 2.57. The highest BCUT2D eigenvalue weighted by atomic mass is 32.1. The van der Waals surface area contributed by atoms with E-state index in [0.717, 1.165) is 17.7 Å². The van der Waals surface area contributed by atoms with Crippen molar-refractivity contribution in [3.63, 3.8) is 0 Å². The SMILES string of the molecule is CCCC(NC(=O)Cn1c(=O)c(=O)n(C)c2ccccc21)c1cccs1. The van der Waals surface area contributed by atoms with Crippen LogP contribution in [0.3, 0.4) is 0 Å². The minimum atomic E-state index is -0.690. The van der Waals surface area contributed by atoms with Gasteiger partial charge < -0.3 is 9.88 Å². The number of fused-ring (bicyclic) bond motifs is 1. The predicted octanol–water partition coefficient (Wildman–Crippen LogP) is 2.42. The van der Waals surface area contributed by atoms with Crippen molar-refractivity contribution in [2.45, 2.75) is 32.4 Å². The van der Waals surface area contributed by atoms with Crippen LogP contribution >= 0.6 is 11.3 Å². The Morgan fingerprint density at radius 1 is 1.12 bits per heavy atom. The van der Waals surface area contributed by atoms with Gasteiger partial charge in [-0.05, 0) is 30.0 Å². The second kappa shape index (κ2) is 7.70. The van der Waals surface area contributed by atoms with E-state index in [4.69, 9.17) is 0 Å². The molecule has 1 N–H and O–H groups in total. The fourth-order valence-electron chi connectivity index (χ4n) is 3.06. The molecule has 136 valence electrons. The van der Waals surface area contributed by atoms with E-state index in [1.54, 1.807) is 42.6 Å². The first kappa shape index (κ1) is 18.1. The molecule has 0 bridgehead atoms. The monoisotopic (exact) mass is 371 g/mol. The lowest BCUT2D eigenvalue weighted by Gasteiger charge is -2.18. The molecule has 0 spiro atoms. The van der Waals surface area contributed by atoms with E-state index in [2.05, 4.69) is 12.2 Å². The van der Waals surface area contributed by atoms with Gasteiger partial charge in [0.25, 0.3) is 0 Å². The smallest absolute Gasteiger partial charge is 0.317 e. The molecule has 3 rings (SSSR count). The van der Waals surface area contributed by atoms with E-state index in [9.17, 15) is 14.4 Å². The lowest BCUT2D eigenvalue weighted by molar-refractivity contribution is -0.122. The quantitative estimate of drug-likeness (QED) is 0.677. The Morgan fingerprint density at radius 3 is 2.50 bits per heavy atom. The van der Waals surface area contributed by atoms with Crippen molar-refractivity contribution < 1.29 is 4.79 Å². The normalized spacial score (nSPS) is 12.2. The van der Waals surface area contributed by atoms with Crippen LogP contribution in [0.1, 0.15) is 30.7 Å². The standard InChI is InChI=1S/C19H21N3O3S/c1-3-7-13(16-10-6-11-26-16)20-17(23)12-22-15-9-5-4-8-14(15)21(2)18(24)19(22)25/h4-6,8-11,13H,3,7,12H2,1-2H3,(H,20,23). The summed E-state index contributed by atoms with van der Waals surface area (Å²) in [5.41, 5.74) is -0.143. The van der Waals surface area contributed by atoms with Gasteiger partial charge in [-0.2, -0.15) is 0 Å². The number of hydrogen-bond donors (Lipinski definition) is 1. The molecule has 1 atom stereocenters. The highest BCUT2D eigenvalue weighted by molar-refractivity contribution is 7.10. The van der Waals surface area contributed by atoms with E-state index >= 15 is 0 Å². The Kier molecular flexibility index (Phi) is 5.37. The Morgan fingerprint density at radius 2 is 1.85 bits per heavy atom. The molecule has 1 aromatic carbocycles. The van der Waals surface area contributed by atoms with E-state index in [1.807, 2.05) is 17.5 Å². The molecule has 7 heteroatoms. The second-order valence-corrected chi connectivity index (χ2v) is 7.15. The summed E-state index contributed by atoms with van der Waals surface area (Å²) >= 11 is 1.59. The summed E-state index contributed by atoms with van der Waals surface area (Å²) in [5, 5.41) is 4.97. The fourth-order valence-corrected chi connectivity index (χ4v) is 3.87. The van der Waals surface area contributed by atoms with Crippen LogP contribution in [0, 0.1) is 0 Å². The van der Waals surface area contributed by atoms with Crippen molar-refractivity contribution in [2.75, 3.05) is 0 Å². The van der Waals surface area contributed by atoms with Crippen molar-refractivity contribution in [3.05, 3.63) is 67.4 Å². The Hall–Kier alpha value is -2.67. The summed E-state index contributed by atoms with van der Waals surface area (Å²) in [5.74, 6) is -0.280. The van der Waals surface area contributed by atoms with Crippen molar-refractivity contribution in [3.8, 4) is 0 Å². The zero-order valence-corrected chi connectivity index (χ0v) is 15.6. The molecule has 1 unspecified atom stereocenters. The topological polar surface area (TPSA) is 73.1 Å². The van der Waals surface area contributed by atoms with Crippen LogP contribution in [0.5, 0.6) is 0 Å². The summed E-state index contributed by atoms with van der Waals surface area (Å²) in [7, 11) is 1.56. The summed E-state index contributed by atoms with van der Waals surface area (Å²) in [6.07, 6.45) is 1.75. The first-order valence-corrected chi connectivity index (χ1v) is 9.42. The van der Waals surface area contributed by atoms with Crippen LogP contribution in [0.25, 0.3) is 11.0 Å². The molecular formula is C19H21N3O3S. The van der Waals surface area contributed by atoms with Crippen molar-refractivity contribution in [1.29, 1.82) is 0 Å². The highest BCUT2D eigenvalue weighted by Gasteiger charge is 2.17. The van der Waals surface area contributed by atoms with E-state index < -0.39 is 11.1 Å². The maximum absolute atomic E-state index is 12.6. The van der Waals surface area contributed by atoms with Crippen LogP contribution in [0.4, 0.5) is 0 Å². The third-order valence-corrected chi connectivity index (χ3v) is 5.35. The lowest BCUT2D eigenvalue weighted by Crippen LogP contribution is -2.43. The van der Waals surface area contributed by atoms with Crippen molar-refractivity contribution in [2.24, 2.45) is 7.05 Å². The average molecular weight is 371 g/mol. The van der Waals surface area contributed by atoms with Gasteiger partial charge in [0.15, 0.2) is 0 Å². The minimum Gasteiger partial charge on any atom is -0.347 e. The van der Waals surface area contributed by atoms with Crippen LogP contribution < -0.4 is 16.4 Å². The molecule has 0 aliphatic heterocycles. The maximum Gasteiger partial charge on any atom is 0.317 e. The van der Waals surface area contributed by atoms with Gasteiger partial charge in [0.2, 0.25) is 5.91 Å². The fraction of sp³-hybridized carbons (Fsp3) is 0.316. The Bertz CT molecular complexity index is 1030. The highest BCUT2D eigenvalue weighted by Crippen LogP contribution is 2.23. The molecule has 6 nitrogen and oxygen atoms in total. The van der Waals surface area contributed by atoms with Crippen LogP contribution in [0.2, 0.25) is 0 Å². The number of hydrogen-bond acceptors (Lipinski definition) is 4. The molecule has 2 heterocycles. The molecule has 0 fully saturated rings. The number of benzene rings is 1. The zero-order chi connectivity index (χ0) is 18.7. The number of nitrogens with zero attached hydrogens (tertiary/aromatic N) is 2. The number of aryl methyl sites for hydroxylation is 1. The summed E-state index contributed by atoms with van der Waals surface area (Å²) in [4.78, 5) is 38.3. The van der Waals surface area contributed by atoms with Crippen LogP contribution in [-0.2, 0) is 18.4 Å². The molecule has 0 saturated heterocycles. The largest absolute Gasteiger partial charge is 0.347 e. The third-order valence-electron chi connectivity index (χ3n) is 4.37. The number of aromatic nitrogens is 2. The van der Waals surface area contributed by atoms with E-state index in [0.29, 0.717) is 11.0 Å². The Balaban J connectivity index is 1.92. The number of carbonyl (C=O) groups excluding carboxylic acids is 1. The van der Waals surface area contributed by atoms with Crippen molar-refractivity contribution >= 4 is 28.3 Å². The van der Waals surface area contributed by atoms with Gasteiger partial charge in [-0.25, -0.2) is 0 Å². The second-order valence-electron chi connectivity index (χ2n) is 6.17. The molecule has 0 aliphatic carbocycles.